The minimum Gasteiger partial charge on any atom is -0.488 e. The fourth-order valence-corrected chi connectivity index (χ4v) is 3.49. The molecule has 29 heavy (non-hydrogen) atoms. The van der Waals surface area contributed by atoms with E-state index >= 15 is 0 Å². The topological polar surface area (TPSA) is 21.6 Å². The van der Waals surface area contributed by atoms with Crippen molar-refractivity contribution in [2.24, 2.45) is 4.99 Å². The van der Waals surface area contributed by atoms with E-state index in [4.69, 9.17) is 9.73 Å². The summed E-state index contributed by atoms with van der Waals surface area (Å²) in [6, 6.07) is 26.9. The molecule has 0 aliphatic heterocycles. The summed E-state index contributed by atoms with van der Waals surface area (Å²) in [5.41, 5.74) is 5.58. The molecule has 0 heterocycles. The lowest BCUT2D eigenvalue weighted by Gasteiger charge is -2.12. The molecule has 3 heteroatoms. The molecule has 144 valence electrons. The zero-order valence-corrected chi connectivity index (χ0v) is 18.1. The van der Waals surface area contributed by atoms with Crippen molar-refractivity contribution >= 4 is 38.6 Å². The Kier molecular flexibility index (Phi) is 5.77. The normalized spacial score (nSPS) is 11.3. The van der Waals surface area contributed by atoms with Crippen LogP contribution in [-0.4, -0.2) is 6.21 Å². The van der Waals surface area contributed by atoms with Gasteiger partial charge < -0.3 is 4.74 Å². The monoisotopic (exact) mass is 443 g/mol. The third kappa shape index (κ3) is 4.57. The molecule has 4 aromatic rings. The van der Waals surface area contributed by atoms with Gasteiger partial charge in [0.2, 0.25) is 0 Å². The molecular formula is C26H22BrNO. The van der Waals surface area contributed by atoms with Gasteiger partial charge >= 0.3 is 0 Å². The van der Waals surface area contributed by atoms with Crippen molar-refractivity contribution in [1.82, 2.24) is 0 Å². The van der Waals surface area contributed by atoms with Gasteiger partial charge in [-0.3, -0.25) is 4.99 Å². The lowest BCUT2D eigenvalue weighted by molar-refractivity contribution is 0.306. The summed E-state index contributed by atoms with van der Waals surface area (Å²) in [4.78, 5) is 4.74. The molecule has 0 N–H and O–H groups in total. The van der Waals surface area contributed by atoms with Crippen molar-refractivity contribution in [3.05, 3.63) is 106 Å². The van der Waals surface area contributed by atoms with Gasteiger partial charge in [-0.25, -0.2) is 0 Å². The first-order valence-corrected chi connectivity index (χ1v) is 10.4. The number of fused-ring (bicyclic) bond motifs is 1. The molecular weight excluding hydrogens is 422 g/mol. The zero-order valence-electron chi connectivity index (χ0n) is 16.5. The number of nitrogens with zero attached hydrogens (tertiary/aromatic N) is 1. The zero-order chi connectivity index (χ0) is 20.2. The number of aliphatic imine (C=N–C) groups is 1. The molecule has 0 saturated carbocycles. The number of rotatable bonds is 5. The molecule has 0 aliphatic carbocycles. The summed E-state index contributed by atoms with van der Waals surface area (Å²) in [5.74, 6) is 0.833. The highest BCUT2D eigenvalue weighted by atomic mass is 79.9. The molecule has 0 bridgehead atoms. The second-order valence-electron chi connectivity index (χ2n) is 7.14. The Labute approximate surface area is 180 Å². The molecule has 2 nitrogen and oxygen atoms in total. The highest BCUT2D eigenvalue weighted by Crippen LogP contribution is 2.28. The van der Waals surface area contributed by atoms with Gasteiger partial charge in [-0.2, -0.15) is 0 Å². The van der Waals surface area contributed by atoms with E-state index in [1.807, 2.05) is 36.5 Å². The fraction of sp³-hybridized carbons (Fsp3) is 0.115. The van der Waals surface area contributed by atoms with E-state index in [-0.39, 0.29) is 0 Å². The van der Waals surface area contributed by atoms with Crippen molar-refractivity contribution in [3.63, 3.8) is 0 Å². The van der Waals surface area contributed by atoms with Gasteiger partial charge in [-0.1, -0.05) is 64.5 Å². The third-order valence-electron chi connectivity index (χ3n) is 5.07. The SMILES string of the molecule is Cc1ccc(N=Cc2c(OCc3ccc(Br)cc3)ccc3ccccc23)cc1C. The maximum Gasteiger partial charge on any atom is 0.129 e. The maximum atomic E-state index is 6.20. The van der Waals surface area contributed by atoms with E-state index < -0.39 is 0 Å². The van der Waals surface area contributed by atoms with E-state index in [2.05, 4.69) is 78.3 Å². The summed E-state index contributed by atoms with van der Waals surface area (Å²) in [5, 5.41) is 2.30. The third-order valence-corrected chi connectivity index (χ3v) is 5.60. The first-order valence-electron chi connectivity index (χ1n) is 9.60. The van der Waals surface area contributed by atoms with Crippen molar-refractivity contribution in [2.75, 3.05) is 0 Å². The minimum absolute atomic E-state index is 0.510. The van der Waals surface area contributed by atoms with Gasteiger partial charge in [0, 0.05) is 16.3 Å². The van der Waals surface area contributed by atoms with E-state index in [1.54, 1.807) is 0 Å². The molecule has 4 aromatic carbocycles. The van der Waals surface area contributed by atoms with Crippen molar-refractivity contribution in [1.29, 1.82) is 0 Å². The van der Waals surface area contributed by atoms with Gasteiger partial charge in [0.1, 0.15) is 12.4 Å². The molecule has 0 aromatic heterocycles. The Bertz CT molecular complexity index is 1180. The highest BCUT2D eigenvalue weighted by Gasteiger charge is 2.08. The van der Waals surface area contributed by atoms with Gasteiger partial charge in [-0.15, -0.1) is 0 Å². The van der Waals surface area contributed by atoms with Crippen molar-refractivity contribution in [2.45, 2.75) is 20.5 Å². The van der Waals surface area contributed by atoms with Gasteiger partial charge in [0.25, 0.3) is 0 Å². The highest BCUT2D eigenvalue weighted by molar-refractivity contribution is 9.10. The molecule has 0 radical (unpaired) electrons. The number of hydrogen-bond acceptors (Lipinski definition) is 2. The van der Waals surface area contributed by atoms with Crippen LogP contribution >= 0.6 is 15.9 Å². The Hall–Kier alpha value is -2.91. The Morgan fingerprint density at radius 1 is 0.862 bits per heavy atom. The van der Waals surface area contributed by atoms with E-state index in [0.29, 0.717) is 6.61 Å². The molecule has 0 fully saturated rings. The van der Waals surface area contributed by atoms with Crippen LogP contribution in [0.15, 0.2) is 88.3 Å². The Morgan fingerprint density at radius 2 is 1.66 bits per heavy atom. The Morgan fingerprint density at radius 3 is 2.45 bits per heavy atom. The quantitative estimate of drug-likeness (QED) is 0.291. The summed E-state index contributed by atoms with van der Waals surface area (Å²) in [7, 11) is 0. The Balaban J connectivity index is 1.69. The van der Waals surface area contributed by atoms with Crippen LogP contribution in [0.2, 0.25) is 0 Å². The summed E-state index contributed by atoms with van der Waals surface area (Å²) in [6.45, 7) is 4.73. The second-order valence-corrected chi connectivity index (χ2v) is 8.06. The average Bonchev–Trinajstić information content (AvgIpc) is 2.74. The number of halogens is 1. The van der Waals surface area contributed by atoms with E-state index in [1.165, 1.54) is 16.5 Å². The van der Waals surface area contributed by atoms with Gasteiger partial charge in [0.15, 0.2) is 0 Å². The minimum atomic E-state index is 0.510. The number of aryl methyl sites for hydroxylation is 2. The number of benzene rings is 4. The van der Waals surface area contributed by atoms with Crippen molar-refractivity contribution < 1.29 is 4.74 Å². The molecule has 0 aliphatic rings. The number of hydrogen-bond donors (Lipinski definition) is 0. The standard InChI is InChI=1S/C26H22BrNO/c1-18-7-13-23(15-19(18)2)28-16-25-24-6-4-3-5-21(24)10-14-26(25)29-17-20-8-11-22(27)12-9-20/h3-16H,17H2,1-2H3. The lowest BCUT2D eigenvalue weighted by atomic mass is 10.0. The van der Waals surface area contributed by atoms with Crippen LogP contribution in [0.1, 0.15) is 22.3 Å². The fourth-order valence-electron chi connectivity index (χ4n) is 3.22. The summed E-state index contributed by atoms with van der Waals surface area (Å²) >= 11 is 3.47. The second kappa shape index (κ2) is 8.62. The smallest absolute Gasteiger partial charge is 0.129 e. The molecule has 0 spiro atoms. The first kappa shape index (κ1) is 19.4. The van der Waals surface area contributed by atoms with Crippen LogP contribution in [0.4, 0.5) is 5.69 Å². The van der Waals surface area contributed by atoms with Gasteiger partial charge in [0.05, 0.1) is 5.69 Å². The molecule has 4 rings (SSSR count). The number of ether oxygens (including phenoxy) is 1. The van der Waals surface area contributed by atoms with E-state index in [0.717, 1.165) is 32.4 Å². The summed E-state index contributed by atoms with van der Waals surface area (Å²) in [6.07, 6.45) is 1.92. The molecule has 0 unspecified atom stereocenters. The van der Waals surface area contributed by atoms with Crippen molar-refractivity contribution in [3.8, 4) is 5.75 Å². The largest absolute Gasteiger partial charge is 0.488 e. The van der Waals surface area contributed by atoms with Crippen LogP contribution in [0.3, 0.4) is 0 Å². The first-order chi connectivity index (χ1) is 14.1. The van der Waals surface area contributed by atoms with Crippen LogP contribution in [0, 0.1) is 13.8 Å². The van der Waals surface area contributed by atoms with Crippen LogP contribution < -0.4 is 4.74 Å². The maximum absolute atomic E-state index is 6.20. The van der Waals surface area contributed by atoms with Crippen LogP contribution in [-0.2, 0) is 6.61 Å². The molecule has 0 amide bonds. The van der Waals surface area contributed by atoms with Gasteiger partial charge in [-0.05, 0) is 71.6 Å². The molecule has 0 saturated heterocycles. The van der Waals surface area contributed by atoms with E-state index in [9.17, 15) is 0 Å². The predicted octanol–water partition coefficient (Wildman–Crippen LogP) is 7.55. The predicted molar refractivity (Wildman–Crippen MR) is 126 cm³/mol. The molecule has 0 atom stereocenters. The van der Waals surface area contributed by atoms with Crippen LogP contribution in [0.5, 0.6) is 5.75 Å². The average molecular weight is 444 g/mol. The van der Waals surface area contributed by atoms with Crippen LogP contribution in [0.25, 0.3) is 10.8 Å². The summed E-state index contributed by atoms with van der Waals surface area (Å²) < 4.78 is 7.26. The lowest BCUT2D eigenvalue weighted by Crippen LogP contribution is -1.99.